The van der Waals surface area contributed by atoms with Gasteiger partial charge >= 0.3 is 29.8 Å². The molecule has 13 heteroatoms. The molecule has 0 radical (unpaired) electrons. The maximum Gasteiger partial charge on any atom is 0.312 e. The maximum atomic E-state index is 13.4. The quantitative estimate of drug-likeness (QED) is 0.129. The number of carbonyl (C=O) groups is 5. The number of hydrogen-bond donors (Lipinski definition) is 1. The Hall–Kier alpha value is -2.70. The molecular formula is C34H49ClO12. The molecule has 2 saturated heterocycles. The van der Waals surface area contributed by atoms with Crippen LogP contribution in [-0.2, 0) is 52.4 Å². The molecule has 12 nitrogen and oxygen atoms in total. The maximum absolute atomic E-state index is 13.4. The average molecular weight is 685 g/mol. The zero-order valence-corrected chi connectivity index (χ0v) is 29.3. The zero-order valence-electron chi connectivity index (χ0n) is 28.5. The predicted octanol–water partition coefficient (Wildman–Crippen LogP) is 3.81. The van der Waals surface area contributed by atoms with E-state index in [1.165, 1.54) is 13.8 Å². The number of aliphatic hydroxyl groups is 1. The highest BCUT2D eigenvalue weighted by Gasteiger charge is 2.78. The molecule has 47 heavy (non-hydrogen) atoms. The molecule has 4 aliphatic rings. The molecular weight excluding hydrogens is 636 g/mol. The van der Waals surface area contributed by atoms with Crippen molar-refractivity contribution in [1.82, 2.24) is 0 Å². The first-order valence-corrected chi connectivity index (χ1v) is 16.8. The molecule has 0 unspecified atom stereocenters. The topological polar surface area (TPSA) is 164 Å². The number of rotatable bonds is 8. The van der Waals surface area contributed by atoms with Gasteiger partial charge in [-0.3, -0.25) is 24.0 Å². The monoisotopic (exact) mass is 684 g/mol. The number of hydrogen-bond acceptors (Lipinski definition) is 12. The molecule has 4 fully saturated rings. The van der Waals surface area contributed by atoms with E-state index in [-0.39, 0.29) is 50.5 Å². The molecule has 2 saturated carbocycles. The van der Waals surface area contributed by atoms with Crippen molar-refractivity contribution in [3.05, 3.63) is 12.2 Å². The second-order valence-electron chi connectivity index (χ2n) is 14.7. The third-order valence-corrected chi connectivity index (χ3v) is 10.8. The number of epoxide rings is 1. The van der Waals surface area contributed by atoms with Gasteiger partial charge in [0.25, 0.3) is 0 Å². The first kappa shape index (κ1) is 37.1. The van der Waals surface area contributed by atoms with Gasteiger partial charge in [0.1, 0.15) is 30.0 Å². The second-order valence-corrected chi connectivity index (χ2v) is 15.1. The van der Waals surface area contributed by atoms with E-state index in [4.69, 9.17) is 40.0 Å². The minimum Gasteiger partial charge on any atom is -0.462 e. The van der Waals surface area contributed by atoms with E-state index in [9.17, 15) is 29.1 Å². The van der Waals surface area contributed by atoms with E-state index >= 15 is 0 Å². The largest absolute Gasteiger partial charge is 0.462 e. The highest BCUT2D eigenvalue weighted by atomic mass is 35.5. The predicted molar refractivity (Wildman–Crippen MR) is 167 cm³/mol. The molecule has 0 aromatic carbocycles. The molecule has 2 aliphatic carbocycles. The van der Waals surface area contributed by atoms with E-state index in [0.717, 1.165) is 6.92 Å². The summed E-state index contributed by atoms with van der Waals surface area (Å²) in [5.74, 6) is -5.77. The van der Waals surface area contributed by atoms with Gasteiger partial charge in [-0.25, -0.2) is 0 Å². The number of alkyl halides is 1. The van der Waals surface area contributed by atoms with E-state index in [0.29, 0.717) is 5.57 Å². The Morgan fingerprint density at radius 2 is 1.49 bits per heavy atom. The van der Waals surface area contributed by atoms with Crippen LogP contribution >= 0.6 is 11.6 Å². The van der Waals surface area contributed by atoms with Gasteiger partial charge in [-0.05, 0) is 31.6 Å². The fourth-order valence-corrected chi connectivity index (χ4v) is 8.21. The summed E-state index contributed by atoms with van der Waals surface area (Å²) >= 11 is 6.88. The third-order valence-electron chi connectivity index (χ3n) is 10.2. The average Bonchev–Trinajstić information content (AvgIpc) is 3.69. The Morgan fingerprint density at radius 1 is 0.957 bits per heavy atom. The van der Waals surface area contributed by atoms with Crippen molar-refractivity contribution < 1.29 is 57.5 Å². The minimum absolute atomic E-state index is 0.00500. The first-order valence-electron chi connectivity index (χ1n) is 16.4. The zero-order chi connectivity index (χ0) is 35.2. The van der Waals surface area contributed by atoms with Gasteiger partial charge in [0.05, 0.1) is 23.3 Å². The van der Waals surface area contributed by atoms with Crippen molar-refractivity contribution in [2.45, 2.75) is 135 Å². The van der Waals surface area contributed by atoms with Crippen molar-refractivity contribution in [3.63, 3.8) is 0 Å². The summed E-state index contributed by atoms with van der Waals surface area (Å²) in [7, 11) is 0. The Kier molecular flexibility index (Phi) is 10.8. The number of esters is 5. The Bertz CT molecular complexity index is 1280. The molecule has 0 amide bonds. The molecule has 11 atom stereocenters. The molecule has 0 aromatic rings. The molecule has 1 N–H and O–H groups in total. The summed E-state index contributed by atoms with van der Waals surface area (Å²) in [5.41, 5.74) is -4.72. The first-order chi connectivity index (χ1) is 21.8. The van der Waals surface area contributed by atoms with Crippen LogP contribution < -0.4 is 0 Å². The molecule has 2 aliphatic heterocycles. The normalized spacial score (nSPS) is 39.8. The summed E-state index contributed by atoms with van der Waals surface area (Å²) in [4.78, 5) is 65.5. The van der Waals surface area contributed by atoms with Crippen LogP contribution in [-0.4, -0.2) is 88.7 Å². The number of fused-ring (bicyclic) bond motifs is 3. The number of carbonyl (C=O) groups excluding carboxylic acids is 5. The van der Waals surface area contributed by atoms with Crippen molar-refractivity contribution >= 4 is 41.4 Å². The number of ether oxygens (including phenoxy) is 6. The molecule has 0 aromatic heterocycles. The van der Waals surface area contributed by atoms with Crippen LogP contribution in [0.1, 0.15) is 87.5 Å². The SMILES string of the molecule is C=C1CC[C@H](OC(C)=O)[C@@]2(C)[C@@H](OC(=O)CC(C)C)C[C@@H](OC(=O)CC(C)C)[C@]3(CO3)[C@@H]2[C@H](OC(C)=O)[C@@]2(O)[C@@H](C)C(=O)O[C@H]2[C@@H]1Cl. The lowest BCUT2D eigenvalue weighted by atomic mass is 9.51. The van der Waals surface area contributed by atoms with Crippen molar-refractivity contribution in [3.8, 4) is 0 Å². The summed E-state index contributed by atoms with van der Waals surface area (Å²) in [5, 5.41) is 11.7. The third kappa shape index (κ3) is 6.92. The highest BCUT2D eigenvalue weighted by Crippen LogP contribution is 2.63. The Morgan fingerprint density at radius 3 is 1.98 bits per heavy atom. The van der Waals surface area contributed by atoms with Crippen LogP contribution in [0.2, 0.25) is 0 Å². The van der Waals surface area contributed by atoms with Gasteiger partial charge in [-0.1, -0.05) is 46.8 Å². The fourth-order valence-electron chi connectivity index (χ4n) is 7.85. The standard InChI is InChI=1S/C34H49ClO12/c1-16(2)12-25(38)45-23-14-24(46-26(39)13-17(3)4)33(15-42-33)28-30(44-21(8)37)34(41)19(6)31(40)47-29(34)27(35)18(5)10-11-22(32(23,28)9)43-20(7)36/h16-17,19,22-24,27-30,41H,5,10-15H2,1-4,6-9H3/t19-,22-,23-,24+,27+,28+,29-,30-,32-,33+,34+/m0/s1. The van der Waals surface area contributed by atoms with Crippen LogP contribution in [0.25, 0.3) is 0 Å². The van der Waals surface area contributed by atoms with E-state index in [1.807, 2.05) is 27.7 Å². The Balaban J connectivity index is 2.03. The Labute approximate surface area is 281 Å². The fraction of sp³-hybridized carbons (Fsp3) is 0.794. The summed E-state index contributed by atoms with van der Waals surface area (Å²) in [6.45, 7) is 17.1. The van der Waals surface area contributed by atoms with E-state index in [1.54, 1.807) is 6.92 Å². The van der Waals surface area contributed by atoms with Gasteiger partial charge in [-0.15, -0.1) is 11.6 Å². The smallest absolute Gasteiger partial charge is 0.312 e. The number of halogens is 1. The van der Waals surface area contributed by atoms with E-state index < -0.39 is 94.2 Å². The van der Waals surface area contributed by atoms with Crippen LogP contribution in [0.4, 0.5) is 0 Å². The van der Waals surface area contributed by atoms with Gasteiger partial charge in [0.15, 0.2) is 11.7 Å². The van der Waals surface area contributed by atoms with Gasteiger partial charge < -0.3 is 33.5 Å². The van der Waals surface area contributed by atoms with Crippen LogP contribution in [0.5, 0.6) is 0 Å². The second kappa shape index (κ2) is 13.7. The highest BCUT2D eigenvalue weighted by molar-refractivity contribution is 6.23. The lowest BCUT2D eigenvalue weighted by Gasteiger charge is -2.58. The van der Waals surface area contributed by atoms with Crippen LogP contribution in [0, 0.1) is 29.1 Å². The van der Waals surface area contributed by atoms with Crippen LogP contribution in [0.3, 0.4) is 0 Å². The van der Waals surface area contributed by atoms with Crippen LogP contribution in [0.15, 0.2) is 12.2 Å². The summed E-state index contributed by atoms with van der Waals surface area (Å²) < 4.78 is 36.2. The van der Waals surface area contributed by atoms with E-state index in [2.05, 4.69) is 6.58 Å². The summed E-state index contributed by atoms with van der Waals surface area (Å²) in [6, 6.07) is 0. The molecule has 1 spiro atoms. The molecule has 2 heterocycles. The summed E-state index contributed by atoms with van der Waals surface area (Å²) in [6.07, 6.45) is -5.71. The van der Waals surface area contributed by atoms with Gasteiger partial charge in [0.2, 0.25) is 0 Å². The lowest BCUT2D eigenvalue weighted by molar-refractivity contribution is -0.260. The molecule has 264 valence electrons. The van der Waals surface area contributed by atoms with Gasteiger partial charge in [0, 0.05) is 39.0 Å². The van der Waals surface area contributed by atoms with Crippen molar-refractivity contribution in [1.29, 1.82) is 0 Å². The lowest BCUT2D eigenvalue weighted by Crippen LogP contribution is -2.72. The minimum atomic E-state index is -2.27. The van der Waals surface area contributed by atoms with Crippen molar-refractivity contribution in [2.75, 3.05) is 6.61 Å². The van der Waals surface area contributed by atoms with Crippen molar-refractivity contribution in [2.24, 2.45) is 29.1 Å². The van der Waals surface area contributed by atoms with Gasteiger partial charge in [-0.2, -0.15) is 0 Å². The molecule has 4 rings (SSSR count). The molecule has 0 bridgehead atoms.